The van der Waals surface area contributed by atoms with E-state index < -0.39 is 10.0 Å². The van der Waals surface area contributed by atoms with Crippen LogP contribution in [-0.4, -0.2) is 32.9 Å². The molecule has 0 heterocycles. The molecule has 0 amide bonds. The number of sulfonamides is 1. The van der Waals surface area contributed by atoms with Crippen LogP contribution in [0.1, 0.15) is 25.8 Å². The number of halogens is 1. The molecule has 0 saturated carbocycles. The minimum atomic E-state index is -3.61. The van der Waals surface area contributed by atoms with Crippen LogP contribution in [0.2, 0.25) is 5.02 Å². The zero-order valence-corrected chi connectivity index (χ0v) is 14.4. The standard InChI is InChI=1S/C15H23ClN2O2S/c1-5-8-17-10-13-6-7-14(16)15(9-13)21(19,20)18(4)11-12(2)3/h6-7,9,17H,2,5,8,10-11H2,1,3-4H3. The summed E-state index contributed by atoms with van der Waals surface area (Å²) in [6, 6.07) is 5.10. The van der Waals surface area contributed by atoms with Crippen molar-refractivity contribution in [2.24, 2.45) is 0 Å². The van der Waals surface area contributed by atoms with E-state index in [4.69, 9.17) is 11.6 Å². The molecule has 1 aromatic carbocycles. The van der Waals surface area contributed by atoms with Crippen molar-refractivity contribution >= 4 is 21.6 Å². The van der Waals surface area contributed by atoms with Crippen LogP contribution >= 0.6 is 11.6 Å². The topological polar surface area (TPSA) is 49.4 Å². The molecule has 0 aliphatic rings. The highest BCUT2D eigenvalue weighted by atomic mass is 35.5. The average molecular weight is 331 g/mol. The molecule has 0 bridgehead atoms. The second kappa shape index (κ2) is 7.94. The highest BCUT2D eigenvalue weighted by Crippen LogP contribution is 2.25. The summed E-state index contributed by atoms with van der Waals surface area (Å²) in [4.78, 5) is 0.142. The molecule has 0 atom stereocenters. The maximum atomic E-state index is 12.6. The number of hydrogen-bond acceptors (Lipinski definition) is 3. The summed E-state index contributed by atoms with van der Waals surface area (Å²) in [5.74, 6) is 0. The summed E-state index contributed by atoms with van der Waals surface area (Å²) in [7, 11) is -2.07. The molecule has 21 heavy (non-hydrogen) atoms. The molecule has 0 aromatic heterocycles. The Morgan fingerprint density at radius 2 is 2.10 bits per heavy atom. The molecule has 0 radical (unpaired) electrons. The molecule has 1 rings (SSSR count). The van der Waals surface area contributed by atoms with E-state index in [2.05, 4.69) is 18.8 Å². The molecule has 0 unspecified atom stereocenters. The molecule has 0 aliphatic heterocycles. The highest BCUT2D eigenvalue weighted by molar-refractivity contribution is 7.89. The lowest BCUT2D eigenvalue weighted by Gasteiger charge is -2.18. The SMILES string of the molecule is C=C(C)CN(C)S(=O)(=O)c1cc(CNCCC)ccc1Cl. The Labute approximate surface area is 132 Å². The van der Waals surface area contributed by atoms with Gasteiger partial charge in [-0.25, -0.2) is 8.42 Å². The Morgan fingerprint density at radius 3 is 2.67 bits per heavy atom. The van der Waals surface area contributed by atoms with Crippen LogP contribution in [0.4, 0.5) is 0 Å². The van der Waals surface area contributed by atoms with Crippen molar-refractivity contribution in [3.63, 3.8) is 0 Å². The van der Waals surface area contributed by atoms with Gasteiger partial charge in [-0.1, -0.05) is 36.7 Å². The summed E-state index contributed by atoms with van der Waals surface area (Å²) in [5, 5.41) is 3.48. The van der Waals surface area contributed by atoms with Crippen LogP contribution in [-0.2, 0) is 16.6 Å². The predicted octanol–water partition coefficient (Wildman–Crippen LogP) is 3.04. The summed E-state index contributed by atoms with van der Waals surface area (Å²) < 4.78 is 26.4. The van der Waals surface area contributed by atoms with Crippen molar-refractivity contribution in [3.8, 4) is 0 Å². The largest absolute Gasteiger partial charge is 0.313 e. The molecule has 6 heteroatoms. The Morgan fingerprint density at radius 1 is 1.43 bits per heavy atom. The van der Waals surface area contributed by atoms with Gasteiger partial charge in [0, 0.05) is 20.1 Å². The summed E-state index contributed by atoms with van der Waals surface area (Å²) in [6.07, 6.45) is 1.03. The first kappa shape index (κ1) is 18.2. The lowest BCUT2D eigenvalue weighted by atomic mass is 10.2. The fourth-order valence-electron chi connectivity index (χ4n) is 1.90. The number of nitrogens with zero attached hydrogens (tertiary/aromatic N) is 1. The van der Waals surface area contributed by atoms with Gasteiger partial charge in [-0.3, -0.25) is 0 Å². The first-order chi connectivity index (χ1) is 9.78. The quantitative estimate of drug-likeness (QED) is 0.588. The second-order valence-electron chi connectivity index (χ2n) is 5.16. The van der Waals surface area contributed by atoms with Gasteiger partial charge < -0.3 is 5.32 Å². The monoisotopic (exact) mass is 330 g/mol. The zero-order chi connectivity index (χ0) is 16.0. The molecule has 0 spiro atoms. The maximum absolute atomic E-state index is 12.6. The molecule has 1 N–H and O–H groups in total. The van der Waals surface area contributed by atoms with Gasteiger partial charge in [0.05, 0.1) is 5.02 Å². The maximum Gasteiger partial charge on any atom is 0.244 e. The molecule has 4 nitrogen and oxygen atoms in total. The smallest absolute Gasteiger partial charge is 0.244 e. The van der Waals surface area contributed by atoms with Crippen molar-refractivity contribution in [3.05, 3.63) is 40.9 Å². The van der Waals surface area contributed by atoms with Gasteiger partial charge in [-0.05, 0) is 37.6 Å². The van der Waals surface area contributed by atoms with Gasteiger partial charge in [-0.15, -0.1) is 0 Å². The van der Waals surface area contributed by atoms with E-state index in [0.717, 1.165) is 24.1 Å². The number of benzene rings is 1. The third kappa shape index (κ3) is 5.11. The Hall–Kier alpha value is -0.880. The van der Waals surface area contributed by atoms with Gasteiger partial charge in [0.15, 0.2) is 0 Å². The van der Waals surface area contributed by atoms with E-state index in [1.54, 1.807) is 19.1 Å². The lowest BCUT2D eigenvalue weighted by Crippen LogP contribution is -2.28. The predicted molar refractivity (Wildman–Crippen MR) is 88.1 cm³/mol. The normalized spacial score (nSPS) is 11.9. The van der Waals surface area contributed by atoms with Gasteiger partial charge in [0.1, 0.15) is 4.90 Å². The number of rotatable bonds is 8. The van der Waals surface area contributed by atoms with Crippen molar-refractivity contribution in [1.82, 2.24) is 9.62 Å². The molecular formula is C15H23ClN2O2S. The van der Waals surface area contributed by atoms with Gasteiger partial charge in [0.25, 0.3) is 0 Å². The summed E-state index contributed by atoms with van der Waals surface area (Å²) in [6.45, 7) is 9.40. The van der Waals surface area contributed by atoms with E-state index in [1.165, 1.54) is 11.4 Å². The van der Waals surface area contributed by atoms with E-state index in [-0.39, 0.29) is 16.5 Å². The average Bonchev–Trinajstić information content (AvgIpc) is 2.40. The first-order valence-corrected chi connectivity index (χ1v) is 8.70. The van der Waals surface area contributed by atoms with Crippen molar-refractivity contribution in [2.75, 3.05) is 20.1 Å². The van der Waals surface area contributed by atoms with Crippen molar-refractivity contribution < 1.29 is 8.42 Å². The van der Waals surface area contributed by atoms with Crippen LogP contribution in [0.15, 0.2) is 35.2 Å². The van der Waals surface area contributed by atoms with E-state index in [1.807, 2.05) is 6.07 Å². The Balaban J connectivity index is 3.04. The van der Waals surface area contributed by atoms with Crippen LogP contribution in [0, 0.1) is 0 Å². The molecule has 118 valence electrons. The molecule has 0 saturated heterocycles. The van der Waals surface area contributed by atoms with Gasteiger partial charge >= 0.3 is 0 Å². The van der Waals surface area contributed by atoms with E-state index in [0.29, 0.717) is 6.54 Å². The zero-order valence-electron chi connectivity index (χ0n) is 12.8. The van der Waals surface area contributed by atoms with Crippen molar-refractivity contribution in [1.29, 1.82) is 0 Å². The Kier molecular flexibility index (Phi) is 6.87. The highest BCUT2D eigenvalue weighted by Gasteiger charge is 2.23. The third-order valence-corrected chi connectivity index (χ3v) is 5.22. The molecule has 1 aromatic rings. The fraction of sp³-hybridized carbons (Fsp3) is 0.467. The van der Waals surface area contributed by atoms with Crippen LogP contribution in [0.5, 0.6) is 0 Å². The van der Waals surface area contributed by atoms with Gasteiger partial charge in [0.2, 0.25) is 10.0 Å². The van der Waals surface area contributed by atoms with Crippen LogP contribution < -0.4 is 5.32 Å². The van der Waals surface area contributed by atoms with Gasteiger partial charge in [-0.2, -0.15) is 4.31 Å². The van der Waals surface area contributed by atoms with E-state index >= 15 is 0 Å². The summed E-state index contributed by atoms with van der Waals surface area (Å²) >= 11 is 6.07. The molecular weight excluding hydrogens is 308 g/mol. The van der Waals surface area contributed by atoms with Crippen LogP contribution in [0.3, 0.4) is 0 Å². The third-order valence-electron chi connectivity index (χ3n) is 2.93. The van der Waals surface area contributed by atoms with E-state index in [9.17, 15) is 8.42 Å². The number of hydrogen-bond donors (Lipinski definition) is 1. The number of nitrogens with one attached hydrogen (secondary N) is 1. The minimum absolute atomic E-state index is 0.142. The summed E-state index contributed by atoms with van der Waals surface area (Å²) in [5.41, 5.74) is 1.67. The fourth-order valence-corrected chi connectivity index (χ4v) is 3.65. The first-order valence-electron chi connectivity index (χ1n) is 6.89. The van der Waals surface area contributed by atoms with Crippen molar-refractivity contribution in [2.45, 2.75) is 31.7 Å². The molecule has 0 aliphatic carbocycles. The molecule has 0 fully saturated rings. The lowest BCUT2D eigenvalue weighted by molar-refractivity contribution is 0.493. The Bertz CT molecular complexity index is 600. The number of likely N-dealkylation sites (N-methyl/N-ethyl adjacent to an activating group) is 1. The second-order valence-corrected chi connectivity index (χ2v) is 7.58. The van der Waals surface area contributed by atoms with Crippen LogP contribution in [0.25, 0.3) is 0 Å². The minimum Gasteiger partial charge on any atom is -0.313 e.